The fourth-order valence-corrected chi connectivity index (χ4v) is 3.87. The maximum Gasteiger partial charge on any atom is 0.407 e. The van der Waals surface area contributed by atoms with Crippen LogP contribution in [0.15, 0.2) is 72.8 Å². The van der Waals surface area contributed by atoms with Crippen molar-refractivity contribution in [2.24, 2.45) is 0 Å². The fourth-order valence-electron chi connectivity index (χ4n) is 3.87. The first kappa shape index (κ1) is 20.1. The van der Waals surface area contributed by atoms with Crippen LogP contribution < -0.4 is 5.32 Å². The first-order chi connectivity index (χ1) is 14.6. The Kier molecular flexibility index (Phi) is 5.79. The van der Waals surface area contributed by atoms with E-state index < -0.39 is 24.1 Å². The Morgan fingerprint density at radius 2 is 1.50 bits per heavy atom. The highest BCUT2D eigenvalue weighted by Gasteiger charge is 2.29. The van der Waals surface area contributed by atoms with Crippen LogP contribution in [0.1, 0.15) is 28.7 Å². The minimum atomic E-state index is -1.46. The van der Waals surface area contributed by atoms with Crippen LogP contribution in [0.3, 0.4) is 0 Å². The predicted octanol–water partition coefficient (Wildman–Crippen LogP) is 3.76. The Balaban J connectivity index is 1.35. The quantitative estimate of drug-likeness (QED) is 0.581. The number of rotatable bonds is 6. The van der Waals surface area contributed by atoms with Crippen LogP contribution >= 0.6 is 0 Å². The topological polar surface area (TPSA) is 78.8 Å². The lowest BCUT2D eigenvalue weighted by molar-refractivity contribution is 0.0165. The second kappa shape index (κ2) is 8.65. The number of fused-ring (bicyclic) bond motifs is 3. The highest BCUT2D eigenvalue weighted by molar-refractivity contribution is 5.79. The zero-order valence-corrected chi connectivity index (χ0v) is 16.2. The summed E-state index contributed by atoms with van der Waals surface area (Å²) in [5.74, 6) is -0.692. The molecule has 1 amide bonds. The summed E-state index contributed by atoms with van der Waals surface area (Å²) in [7, 11) is 0. The number of aliphatic hydroxyl groups is 2. The standard InChI is InChI=1S/C24H22FNO4/c25-21-12-6-5-11-19(21)23(28)22(27)13-26-24(29)30-14-20-17-9-3-1-7-15(17)16-8-2-4-10-18(16)20/h1-12,20,22-23,27-28H,13-14H2,(H,26,29). The number of hydrogen-bond acceptors (Lipinski definition) is 4. The van der Waals surface area contributed by atoms with Crippen LogP contribution in [0.5, 0.6) is 0 Å². The van der Waals surface area contributed by atoms with Crippen molar-refractivity contribution in [1.82, 2.24) is 5.32 Å². The van der Waals surface area contributed by atoms with Gasteiger partial charge in [-0.3, -0.25) is 0 Å². The zero-order valence-electron chi connectivity index (χ0n) is 16.2. The summed E-state index contributed by atoms with van der Waals surface area (Å²) >= 11 is 0. The highest BCUT2D eigenvalue weighted by Crippen LogP contribution is 2.44. The molecule has 30 heavy (non-hydrogen) atoms. The fraction of sp³-hybridized carbons (Fsp3) is 0.208. The van der Waals surface area contributed by atoms with E-state index in [1.54, 1.807) is 6.07 Å². The number of halogens is 1. The number of benzene rings is 3. The second-order valence-corrected chi connectivity index (χ2v) is 7.24. The lowest BCUT2D eigenvalue weighted by atomic mass is 9.98. The molecule has 0 heterocycles. The molecule has 3 aromatic rings. The van der Waals surface area contributed by atoms with Gasteiger partial charge in [-0.1, -0.05) is 66.7 Å². The largest absolute Gasteiger partial charge is 0.449 e. The van der Waals surface area contributed by atoms with E-state index in [4.69, 9.17) is 4.74 Å². The van der Waals surface area contributed by atoms with Gasteiger partial charge >= 0.3 is 6.09 Å². The van der Waals surface area contributed by atoms with Gasteiger partial charge in [0.2, 0.25) is 0 Å². The SMILES string of the molecule is O=C(NCC(O)C(O)c1ccccc1F)OCC1c2ccccc2-c2ccccc21. The van der Waals surface area contributed by atoms with Crippen molar-refractivity contribution in [3.8, 4) is 11.1 Å². The van der Waals surface area contributed by atoms with E-state index in [0.29, 0.717) is 0 Å². The van der Waals surface area contributed by atoms with Gasteiger partial charge in [0.05, 0.1) is 0 Å². The number of aliphatic hydroxyl groups excluding tert-OH is 2. The number of nitrogens with one attached hydrogen (secondary N) is 1. The van der Waals surface area contributed by atoms with Crippen molar-refractivity contribution in [1.29, 1.82) is 0 Å². The number of carbonyl (C=O) groups is 1. The van der Waals surface area contributed by atoms with Crippen LogP contribution in [0.2, 0.25) is 0 Å². The molecule has 3 N–H and O–H groups in total. The van der Waals surface area contributed by atoms with Crippen LogP contribution in [0.25, 0.3) is 11.1 Å². The molecule has 0 saturated heterocycles. The predicted molar refractivity (Wildman–Crippen MR) is 110 cm³/mol. The van der Waals surface area contributed by atoms with Gasteiger partial charge in [-0.25, -0.2) is 9.18 Å². The first-order valence-corrected chi connectivity index (χ1v) is 9.75. The third-order valence-electron chi connectivity index (χ3n) is 5.39. The molecule has 0 saturated carbocycles. The molecule has 5 nitrogen and oxygen atoms in total. The lowest BCUT2D eigenvalue weighted by Crippen LogP contribution is -2.36. The molecular weight excluding hydrogens is 385 g/mol. The van der Waals surface area contributed by atoms with E-state index in [1.807, 2.05) is 36.4 Å². The summed E-state index contributed by atoms with van der Waals surface area (Å²) in [6.07, 6.45) is -3.54. The molecule has 0 aliphatic heterocycles. The third kappa shape index (κ3) is 3.92. The normalized spacial score (nSPS) is 14.5. The van der Waals surface area contributed by atoms with Gasteiger partial charge in [0, 0.05) is 18.0 Å². The van der Waals surface area contributed by atoms with Crippen LogP contribution in [-0.2, 0) is 4.74 Å². The Morgan fingerprint density at radius 1 is 0.933 bits per heavy atom. The van der Waals surface area contributed by atoms with E-state index in [1.165, 1.54) is 18.2 Å². The molecule has 0 aromatic heterocycles. The molecule has 1 aliphatic rings. The van der Waals surface area contributed by atoms with Gasteiger partial charge in [-0.15, -0.1) is 0 Å². The number of amides is 1. The third-order valence-corrected chi connectivity index (χ3v) is 5.39. The van der Waals surface area contributed by atoms with Gasteiger partial charge in [-0.05, 0) is 28.3 Å². The molecule has 3 aromatic carbocycles. The monoisotopic (exact) mass is 407 g/mol. The molecule has 0 spiro atoms. The minimum Gasteiger partial charge on any atom is -0.449 e. The van der Waals surface area contributed by atoms with Gasteiger partial charge < -0.3 is 20.3 Å². The zero-order chi connectivity index (χ0) is 21.1. The van der Waals surface area contributed by atoms with Crippen molar-refractivity contribution in [3.63, 3.8) is 0 Å². The van der Waals surface area contributed by atoms with Crippen LogP contribution in [0, 0.1) is 5.82 Å². The summed E-state index contributed by atoms with van der Waals surface area (Å²) in [4.78, 5) is 12.2. The lowest BCUT2D eigenvalue weighted by Gasteiger charge is -2.19. The number of alkyl carbamates (subject to hydrolysis) is 1. The molecule has 2 unspecified atom stereocenters. The second-order valence-electron chi connectivity index (χ2n) is 7.24. The average molecular weight is 407 g/mol. The van der Waals surface area contributed by atoms with E-state index in [-0.39, 0.29) is 24.6 Å². The van der Waals surface area contributed by atoms with Crippen molar-refractivity contribution >= 4 is 6.09 Å². The molecule has 0 radical (unpaired) electrons. The summed E-state index contributed by atoms with van der Waals surface area (Å²) in [6.45, 7) is -0.127. The number of ether oxygens (including phenoxy) is 1. The van der Waals surface area contributed by atoms with Crippen LogP contribution in [-0.4, -0.2) is 35.6 Å². The van der Waals surface area contributed by atoms with Gasteiger partial charge in [-0.2, -0.15) is 0 Å². The van der Waals surface area contributed by atoms with Crippen LogP contribution in [0.4, 0.5) is 9.18 Å². The molecule has 4 rings (SSSR count). The summed E-state index contributed by atoms with van der Waals surface area (Å²) < 4.78 is 19.1. The van der Waals surface area contributed by atoms with Crippen molar-refractivity contribution in [2.75, 3.05) is 13.2 Å². The van der Waals surface area contributed by atoms with Crippen molar-refractivity contribution < 1.29 is 24.1 Å². The maximum absolute atomic E-state index is 13.8. The molecule has 0 bridgehead atoms. The van der Waals surface area contributed by atoms with E-state index in [2.05, 4.69) is 17.4 Å². The molecule has 1 aliphatic carbocycles. The molecule has 6 heteroatoms. The van der Waals surface area contributed by atoms with E-state index >= 15 is 0 Å². The van der Waals surface area contributed by atoms with Crippen molar-refractivity contribution in [3.05, 3.63) is 95.3 Å². The summed E-state index contributed by atoms with van der Waals surface area (Å²) in [6, 6.07) is 21.7. The smallest absolute Gasteiger partial charge is 0.407 e. The Bertz CT molecular complexity index is 1010. The van der Waals surface area contributed by atoms with Gasteiger partial charge in [0.15, 0.2) is 0 Å². The van der Waals surface area contributed by atoms with Gasteiger partial charge in [0.1, 0.15) is 24.6 Å². The Labute approximate surface area is 173 Å². The average Bonchev–Trinajstić information content (AvgIpc) is 3.09. The minimum absolute atomic E-state index is 0.0284. The van der Waals surface area contributed by atoms with E-state index in [9.17, 15) is 19.4 Å². The Morgan fingerprint density at radius 3 is 2.13 bits per heavy atom. The first-order valence-electron chi connectivity index (χ1n) is 9.75. The molecule has 2 atom stereocenters. The molecule has 0 fully saturated rings. The maximum atomic E-state index is 13.8. The highest BCUT2D eigenvalue weighted by atomic mass is 19.1. The van der Waals surface area contributed by atoms with Crippen molar-refractivity contribution in [2.45, 2.75) is 18.1 Å². The molecule has 154 valence electrons. The number of carbonyl (C=O) groups excluding carboxylic acids is 1. The Hall–Kier alpha value is -3.22. The number of hydrogen-bond donors (Lipinski definition) is 3. The van der Waals surface area contributed by atoms with Gasteiger partial charge in [0.25, 0.3) is 0 Å². The summed E-state index contributed by atoms with van der Waals surface area (Å²) in [5, 5.41) is 22.7. The molecular formula is C24H22FNO4. The summed E-state index contributed by atoms with van der Waals surface area (Å²) in [5.41, 5.74) is 4.43. The van der Waals surface area contributed by atoms with E-state index in [0.717, 1.165) is 22.3 Å².